The zero-order valence-corrected chi connectivity index (χ0v) is 12.8. The first-order valence-corrected chi connectivity index (χ1v) is 7.56. The second kappa shape index (κ2) is 6.04. The van der Waals surface area contributed by atoms with E-state index in [1.54, 1.807) is 24.3 Å². The van der Waals surface area contributed by atoms with E-state index < -0.39 is 0 Å². The Morgan fingerprint density at radius 1 is 1.36 bits per heavy atom. The molecular weight excluding hydrogens is 282 g/mol. The SMILES string of the molecule is CN1CC2(CCN(C(=O)Cc3ccncc3)C2)COCC1=O. The summed E-state index contributed by atoms with van der Waals surface area (Å²) in [7, 11) is 1.81. The van der Waals surface area contributed by atoms with Crippen molar-refractivity contribution in [2.24, 2.45) is 5.41 Å². The summed E-state index contributed by atoms with van der Waals surface area (Å²) < 4.78 is 5.52. The van der Waals surface area contributed by atoms with Crippen molar-refractivity contribution in [3.63, 3.8) is 0 Å². The Bertz CT molecular complexity index is 563. The van der Waals surface area contributed by atoms with Gasteiger partial charge in [-0.15, -0.1) is 0 Å². The Kier molecular flexibility index (Phi) is 4.11. The number of carbonyl (C=O) groups is 2. The molecule has 0 saturated carbocycles. The van der Waals surface area contributed by atoms with E-state index in [2.05, 4.69) is 4.98 Å². The van der Waals surface area contributed by atoms with Crippen molar-refractivity contribution in [3.8, 4) is 0 Å². The van der Waals surface area contributed by atoms with Crippen molar-refractivity contribution in [2.45, 2.75) is 12.8 Å². The standard InChI is InChI=1S/C16H21N3O3/c1-18-10-16(12-22-9-15(18)21)4-7-19(11-16)14(20)8-13-2-5-17-6-3-13/h2-3,5-6H,4,7-12H2,1H3. The lowest BCUT2D eigenvalue weighted by Crippen LogP contribution is -2.41. The molecule has 1 unspecified atom stereocenters. The Labute approximate surface area is 130 Å². The molecule has 6 nitrogen and oxygen atoms in total. The fourth-order valence-corrected chi connectivity index (χ4v) is 3.28. The highest BCUT2D eigenvalue weighted by atomic mass is 16.5. The molecular formula is C16H21N3O3. The molecule has 118 valence electrons. The first-order valence-electron chi connectivity index (χ1n) is 7.56. The van der Waals surface area contributed by atoms with E-state index in [9.17, 15) is 9.59 Å². The van der Waals surface area contributed by atoms with Crippen LogP contribution in [0.15, 0.2) is 24.5 Å². The van der Waals surface area contributed by atoms with Crippen molar-refractivity contribution in [2.75, 3.05) is 39.9 Å². The molecule has 2 fully saturated rings. The number of pyridine rings is 1. The summed E-state index contributed by atoms with van der Waals surface area (Å²) in [6.07, 6.45) is 4.68. The van der Waals surface area contributed by atoms with E-state index in [0.29, 0.717) is 26.1 Å². The molecule has 0 bridgehead atoms. The molecule has 0 aliphatic carbocycles. The Hall–Kier alpha value is -1.95. The molecule has 3 heterocycles. The van der Waals surface area contributed by atoms with Crippen LogP contribution in [0.25, 0.3) is 0 Å². The predicted octanol–water partition coefficient (Wildman–Crippen LogP) is 0.331. The molecule has 1 aromatic rings. The molecule has 3 rings (SSSR count). The van der Waals surface area contributed by atoms with Gasteiger partial charge in [-0.1, -0.05) is 0 Å². The van der Waals surface area contributed by atoms with Crippen molar-refractivity contribution >= 4 is 11.8 Å². The third-order valence-electron chi connectivity index (χ3n) is 4.53. The molecule has 22 heavy (non-hydrogen) atoms. The molecule has 1 atom stereocenters. The normalized spacial score (nSPS) is 25.6. The summed E-state index contributed by atoms with van der Waals surface area (Å²) in [5, 5.41) is 0. The first-order chi connectivity index (χ1) is 10.6. The van der Waals surface area contributed by atoms with Crippen LogP contribution in [0, 0.1) is 5.41 Å². The lowest BCUT2D eigenvalue weighted by Gasteiger charge is -2.29. The third kappa shape index (κ3) is 3.11. The van der Waals surface area contributed by atoms with Gasteiger partial charge in [0.05, 0.1) is 13.0 Å². The number of likely N-dealkylation sites (N-methyl/N-ethyl adjacent to an activating group) is 1. The van der Waals surface area contributed by atoms with E-state index in [1.165, 1.54) is 0 Å². The molecule has 1 aromatic heterocycles. The smallest absolute Gasteiger partial charge is 0.248 e. The van der Waals surface area contributed by atoms with E-state index in [-0.39, 0.29) is 23.8 Å². The van der Waals surface area contributed by atoms with Crippen LogP contribution in [0.2, 0.25) is 0 Å². The molecule has 6 heteroatoms. The van der Waals surface area contributed by atoms with Crippen LogP contribution in [0.5, 0.6) is 0 Å². The average molecular weight is 303 g/mol. The Morgan fingerprint density at radius 2 is 2.14 bits per heavy atom. The van der Waals surface area contributed by atoms with Gasteiger partial charge in [0, 0.05) is 44.5 Å². The van der Waals surface area contributed by atoms with Crippen molar-refractivity contribution < 1.29 is 14.3 Å². The van der Waals surface area contributed by atoms with Gasteiger partial charge in [-0.05, 0) is 24.1 Å². The van der Waals surface area contributed by atoms with Gasteiger partial charge < -0.3 is 14.5 Å². The lowest BCUT2D eigenvalue weighted by atomic mass is 9.88. The summed E-state index contributed by atoms with van der Waals surface area (Å²) in [5.74, 6) is 0.139. The van der Waals surface area contributed by atoms with E-state index >= 15 is 0 Å². The number of aromatic nitrogens is 1. The maximum Gasteiger partial charge on any atom is 0.248 e. The minimum atomic E-state index is -0.116. The largest absolute Gasteiger partial charge is 0.371 e. The van der Waals surface area contributed by atoms with Crippen LogP contribution in [0.4, 0.5) is 0 Å². The lowest BCUT2D eigenvalue weighted by molar-refractivity contribution is -0.132. The van der Waals surface area contributed by atoms with E-state index in [4.69, 9.17) is 4.74 Å². The van der Waals surface area contributed by atoms with Crippen molar-refractivity contribution in [3.05, 3.63) is 30.1 Å². The van der Waals surface area contributed by atoms with Gasteiger partial charge in [-0.3, -0.25) is 14.6 Å². The highest BCUT2D eigenvalue weighted by molar-refractivity contribution is 5.79. The van der Waals surface area contributed by atoms with Gasteiger partial charge in [-0.25, -0.2) is 0 Å². The minimum absolute atomic E-state index is 0.0124. The Balaban J connectivity index is 1.64. The number of rotatable bonds is 2. The second-order valence-electron chi connectivity index (χ2n) is 6.34. The van der Waals surface area contributed by atoms with Gasteiger partial charge in [-0.2, -0.15) is 0 Å². The molecule has 0 N–H and O–H groups in total. The predicted molar refractivity (Wildman–Crippen MR) is 80.0 cm³/mol. The van der Waals surface area contributed by atoms with Crippen LogP contribution in [-0.4, -0.2) is 66.5 Å². The van der Waals surface area contributed by atoms with E-state index in [0.717, 1.165) is 18.5 Å². The van der Waals surface area contributed by atoms with E-state index in [1.807, 2.05) is 17.0 Å². The topological polar surface area (TPSA) is 62.7 Å². The highest BCUT2D eigenvalue weighted by Crippen LogP contribution is 2.33. The maximum atomic E-state index is 12.5. The fraction of sp³-hybridized carbons (Fsp3) is 0.562. The number of amides is 2. The third-order valence-corrected chi connectivity index (χ3v) is 4.53. The Morgan fingerprint density at radius 3 is 2.91 bits per heavy atom. The van der Waals surface area contributed by atoms with Crippen LogP contribution in [0.1, 0.15) is 12.0 Å². The summed E-state index contributed by atoms with van der Waals surface area (Å²) in [4.78, 5) is 31.8. The van der Waals surface area contributed by atoms with Crippen LogP contribution >= 0.6 is 0 Å². The summed E-state index contributed by atoms with van der Waals surface area (Å²) in [5.41, 5.74) is 0.861. The molecule has 2 amide bonds. The zero-order valence-electron chi connectivity index (χ0n) is 12.8. The van der Waals surface area contributed by atoms with Gasteiger partial charge in [0.2, 0.25) is 11.8 Å². The molecule has 1 spiro atoms. The zero-order chi connectivity index (χ0) is 15.6. The fourth-order valence-electron chi connectivity index (χ4n) is 3.28. The molecule has 2 saturated heterocycles. The number of likely N-dealkylation sites (tertiary alicyclic amines) is 1. The summed E-state index contributed by atoms with van der Waals surface area (Å²) >= 11 is 0. The highest BCUT2D eigenvalue weighted by Gasteiger charge is 2.43. The number of carbonyl (C=O) groups excluding carboxylic acids is 2. The molecule has 0 radical (unpaired) electrons. The van der Waals surface area contributed by atoms with Crippen molar-refractivity contribution in [1.82, 2.24) is 14.8 Å². The van der Waals surface area contributed by atoms with Gasteiger partial charge in [0.25, 0.3) is 0 Å². The molecule has 2 aliphatic rings. The number of ether oxygens (including phenoxy) is 1. The first kappa shape index (κ1) is 15.0. The number of hydrogen-bond acceptors (Lipinski definition) is 4. The minimum Gasteiger partial charge on any atom is -0.371 e. The number of nitrogens with zero attached hydrogens (tertiary/aromatic N) is 3. The van der Waals surface area contributed by atoms with Crippen molar-refractivity contribution in [1.29, 1.82) is 0 Å². The molecule has 2 aliphatic heterocycles. The maximum absolute atomic E-state index is 12.5. The van der Waals surface area contributed by atoms with Gasteiger partial charge >= 0.3 is 0 Å². The summed E-state index contributed by atoms with van der Waals surface area (Å²) in [6.45, 7) is 2.74. The van der Waals surface area contributed by atoms with Gasteiger partial charge in [0.15, 0.2) is 0 Å². The molecule has 0 aromatic carbocycles. The monoisotopic (exact) mass is 303 g/mol. The number of hydrogen-bond donors (Lipinski definition) is 0. The van der Waals surface area contributed by atoms with Crippen LogP contribution in [0.3, 0.4) is 0 Å². The summed E-state index contributed by atoms with van der Waals surface area (Å²) in [6, 6.07) is 3.73. The van der Waals surface area contributed by atoms with Crippen LogP contribution in [-0.2, 0) is 20.7 Å². The van der Waals surface area contributed by atoms with Gasteiger partial charge in [0.1, 0.15) is 6.61 Å². The average Bonchev–Trinajstić information content (AvgIpc) is 2.86. The second-order valence-corrected chi connectivity index (χ2v) is 6.34. The quantitative estimate of drug-likeness (QED) is 0.790. The van der Waals surface area contributed by atoms with Crippen LogP contribution < -0.4 is 0 Å².